The summed E-state index contributed by atoms with van der Waals surface area (Å²) in [5.41, 5.74) is 8.70. The summed E-state index contributed by atoms with van der Waals surface area (Å²) in [5.74, 6) is -0.264. The fourth-order valence-electron chi connectivity index (χ4n) is 1.61. The van der Waals surface area contributed by atoms with Crippen molar-refractivity contribution < 1.29 is 4.39 Å². The monoisotopic (exact) mass is 236 g/mol. The van der Waals surface area contributed by atoms with E-state index in [-0.39, 0.29) is 11.0 Å². The number of hydrogen-bond donors (Lipinski definition) is 1. The average molecular weight is 237 g/mol. The molecule has 4 heteroatoms. The number of hydrogen-bond acceptors (Lipinski definition) is 2. The molecule has 2 N–H and O–H groups in total. The Hall–Kier alpha value is -1.61. The number of halogens is 2. The van der Waals surface area contributed by atoms with Gasteiger partial charge in [0.1, 0.15) is 5.82 Å². The highest BCUT2D eigenvalue weighted by molar-refractivity contribution is 6.32. The minimum atomic E-state index is -0.264. The van der Waals surface area contributed by atoms with Crippen LogP contribution in [0.3, 0.4) is 0 Å². The minimum absolute atomic E-state index is 0.264. The summed E-state index contributed by atoms with van der Waals surface area (Å²) in [4.78, 5) is 3.88. The molecule has 0 aliphatic heterocycles. The fraction of sp³-hybridized carbons (Fsp3) is 0.0833. The van der Waals surface area contributed by atoms with Gasteiger partial charge >= 0.3 is 0 Å². The minimum Gasteiger partial charge on any atom is -0.396 e. The van der Waals surface area contributed by atoms with Gasteiger partial charge < -0.3 is 5.73 Å². The van der Waals surface area contributed by atoms with E-state index >= 15 is 0 Å². The highest BCUT2D eigenvalue weighted by Gasteiger charge is 2.09. The lowest BCUT2D eigenvalue weighted by molar-refractivity contribution is 0.627. The van der Waals surface area contributed by atoms with E-state index in [1.54, 1.807) is 18.3 Å². The molecule has 0 radical (unpaired) electrons. The number of aryl methyl sites for hydroxylation is 1. The van der Waals surface area contributed by atoms with Gasteiger partial charge in [0.05, 0.1) is 5.69 Å². The molecule has 2 rings (SSSR count). The molecule has 1 aromatic carbocycles. The molecular formula is C12H10ClFN2. The smallest absolute Gasteiger partial charge is 0.152 e. The molecule has 2 nitrogen and oxygen atoms in total. The van der Waals surface area contributed by atoms with Crippen LogP contribution in [-0.2, 0) is 0 Å². The van der Waals surface area contributed by atoms with Crippen LogP contribution < -0.4 is 5.73 Å². The standard InChI is InChI=1S/C12H10ClFN2/c1-7-6-8(14)2-3-9(7)10-4-5-16-12(13)11(10)15/h2-6H,15H2,1H3. The van der Waals surface area contributed by atoms with Gasteiger partial charge in [-0.3, -0.25) is 0 Å². The Kier molecular flexibility index (Phi) is 2.79. The fourth-order valence-corrected chi connectivity index (χ4v) is 1.77. The maximum absolute atomic E-state index is 13.0. The van der Waals surface area contributed by atoms with E-state index in [4.69, 9.17) is 17.3 Å². The number of rotatable bonds is 1. The Morgan fingerprint density at radius 1 is 1.25 bits per heavy atom. The van der Waals surface area contributed by atoms with E-state index in [2.05, 4.69) is 4.98 Å². The van der Waals surface area contributed by atoms with Crippen LogP contribution in [0.2, 0.25) is 5.15 Å². The number of benzene rings is 1. The largest absolute Gasteiger partial charge is 0.396 e. The van der Waals surface area contributed by atoms with Crippen molar-refractivity contribution in [3.63, 3.8) is 0 Å². The van der Waals surface area contributed by atoms with Crippen LogP contribution in [0.4, 0.5) is 10.1 Å². The zero-order valence-electron chi connectivity index (χ0n) is 8.67. The Morgan fingerprint density at radius 2 is 2.00 bits per heavy atom. The van der Waals surface area contributed by atoms with Crippen molar-refractivity contribution in [1.29, 1.82) is 0 Å². The van der Waals surface area contributed by atoms with Crippen LogP contribution in [0.25, 0.3) is 11.1 Å². The summed E-state index contributed by atoms with van der Waals surface area (Å²) in [6, 6.07) is 6.31. The molecule has 0 unspecified atom stereocenters. The number of aromatic nitrogens is 1. The van der Waals surface area contributed by atoms with Gasteiger partial charge in [-0.2, -0.15) is 0 Å². The van der Waals surface area contributed by atoms with Gasteiger partial charge in [0.15, 0.2) is 5.15 Å². The van der Waals surface area contributed by atoms with Crippen LogP contribution in [-0.4, -0.2) is 4.98 Å². The molecule has 16 heavy (non-hydrogen) atoms. The Labute approximate surface area is 97.9 Å². The van der Waals surface area contributed by atoms with Crippen molar-refractivity contribution in [2.75, 3.05) is 5.73 Å². The first-order chi connectivity index (χ1) is 7.59. The zero-order valence-corrected chi connectivity index (χ0v) is 9.42. The third kappa shape index (κ3) is 1.86. The quantitative estimate of drug-likeness (QED) is 0.771. The Bertz CT molecular complexity index is 541. The number of nitrogen functional groups attached to an aromatic ring is 1. The van der Waals surface area contributed by atoms with Crippen molar-refractivity contribution in [3.05, 3.63) is 47.0 Å². The van der Waals surface area contributed by atoms with Gasteiger partial charge in [0, 0.05) is 11.8 Å². The first kappa shape index (κ1) is 10.9. The molecule has 82 valence electrons. The van der Waals surface area contributed by atoms with Gasteiger partial charge in [-0.15, -0.1) is 0 Å². The van der Waals surface area contributed by atoms with Gasteiger partial charge in [-0.1, -0.05) is 17.7 Å². The SMILES string of the molecule is Cc1cc(F)ccc1-c1ccnc(Cl)c1N. The van der Waals surface area contributed by atoms with Crippen LogP contribution in [0.1, 0.15) is 5.56 Å². The van der Waals surface area contributed by atoms with E-state index in [1.165, 1.54) is 12.1 Å². The molecule has 0 aliphatic rings. The predicted octanol–water partition coefficient (Wildman–Crippen LogP) is 3.43. The van der Waals surface area contributed by atoms with Gasteiger partial charge in [0.25, 0.3) is 0 Å². The molecule has 0 aliphatic carbocycles. The number of anilines is 1. The number of nitrogens with zero attached hydrogens (tertiary/aromatic N) is 1. The Morgan fingerprint density at radius 3 is 2.69 bits per heavy atom. The number of pyridine rings is 1. The van der Waals surface area contributed by atoms with Crippen molar-refractivity contribution >= 4 is 17.3 Å². The van der Waals surface area contributed by atoms with Crippen LogP contribution in [0.15, 0.2) is 30.5 Å². The molecule has 0 amide bonds. The second kappa shape index (κ2) is 4.10. The van der Waals surface area contributed by atoms with Gasteiger partial charge in [-0.25, -0.2) is 9.37 Å². The molecule has 1 heterocycles. The lowest BCUT2D eigenvalue weighted by Gasteiger charge is -2.09. The predicted molar refractivity (Wildman–Crippen MR) is 63.8 cm³/mol. The zero-order chi connectivity index (χ0) is 11.7. The topological polar surface area (TPSA) is 38.9 Å². The lowest BCUT2D eigenvalue weighted by atomic mass is 10.0. The van der Waals surface area contributed by atoms with Crippen molar-refractivity contribution in [1.82, 2.24) is 4.98 Å². The second-order valence-electron chi connectivity index (χ2n) is 3.52. The molecule has 0 fully saturated rings. The third-order valence-electron chi connectivity index (χ3n) is 2.42. The summed E-state index contributed by atoms with van der Waals surface area (Å²) >= 11 is 5.84. The number of nitrogens with two attached hydrogens (primary N) is 1. The molecule has 2 aromatic rings. The van der Waals surface area contributed by atoms with Crippen molar-refractivity contribution in [3.8, 4) is 11.1 Å². The van der Waals surface area contributed by atoms with Crippen LogP contribution in [0, 0.1) is 12.7 Å². The van der Waals surface area contributed by atoms with Gasteiger partial charge in [0.2, 0.25) is 0 Å². The molecule has 0 atom stereocenters. The van der Waals surface area contributed by atoms with Crippen LogP contribution in [0.5, 0.6) is 0 Å². The van der Waals surface area contributed by atoms with E-state index in [1.807, 2.05) is 6.92 Å². The third-order valence-corrected chi connectivity index (χ3v) is 2.72. The molecule has 0 saturated heterocycles. The first-order valence-corrected chi connectivity index (χ1v) is 5.14. The molecular weight excluding hydrogens is 227 g/mol. The lowest BCUT2D eigenvalue weighted by Crippen LogP contribution is -1.95. The summed E-state index contributed by atoms with van der Waals surface area (Å²) in [5, 5.41) is 0.265. The summed E-state index contributed by atoms with van der Waals surface area (Å²) < 4.78 is 13.0. The van der Waals surface area contributed by atoms with Crippen molar-refractivity contribution in [2.45, 2.75) is 6.92 Å². The maximum Gasteiger partial charge on any atom is 0.152 e. The maximum atomic E-state index is 13.0. The molecule has 0 bridgehead atoms. The van der Waals surface area contributed by atoms with E-state index < -0.39 is 0 Å². The van der Waals surface area contributed by atoms with E-state index in [0.29, 0.717) is 5.69 Å². The highest BCUT2D eigenvalue weighted by Crippen LogP contribution is 2.32. The highest BCUT2D eigenvalue weighted by atomic mass is 35.5. The molecule has 1 aromatic heterocycles. The second-order valence-corrected chi connectivity index (χ2v) is 3.88. The van der Waals surface area contributed by atoms with E-state index in [0.717, 1.165) is 16.7 Å². The first-order valence-electron chi connectivity index (χ1n) is 4.76. The normalized spacial score (nSPS) is 10.4. The molecule has 0 spiro atoms. The average Bonchev–Trinajstić information content (AvgIpc) is 2.23. The van der Waals surface area contributed by atoms with Gasteiger partial charge in [-0.05, 0) is 36.2 Å². The summed E-state index contributed by atoms with van der Waals surface area (Å²) in [6.45, 7) is 1.83. The van der Waals surface area contributed by atoms with Crippen molar-refractivity contribution in [2.24, 2.45) is 0 Å². The summed E-state index contributed by atoms with van der Waals surface area (Å²) in [6.07, 6.45) is 1.58. The Balaban J connectivity index is 2.63. The van der Waals surface area contributed by atoms with E-state index in [9.17, 15) is 4.39 Å². The summed E-state index contributed by atoms with van der Waals surface area (Å²) in [7, 11) is 0. The van der Waals surface area contributed by atoms with Crippen LogP contribution >= 0.6 is 11.6 Å². The molecule has 0 saturated carbocycles.